The summed E-state index contributed by atoms with van der Waals surface area (Å²) in [7, 11) is 1.23. The summed E-state index contributed by atoms with van der Waals surface area (Å²) < 4.78 is 4.83. The van der Waals surface area contributed by atoms with Crippen molar-refractivity contribution < 1.29 is 28.7 Å². The highest BCUT2D eigenvalue weighted by Gasteiger charge is 2.46. The first kappa shape index (κ1) is 37.8. The predicted molar refractivity (Wildman–Crippen MR) is 187 cm³/mol. The molecule has 4 rings (SSSR count). The molecule has 1 unspecified atom stereocenters. The number of likely N-dealkylation sites (tertiary alicyclic amines) is 2. The van der Waals surface area contributed by atoms with Gasteiger partial charge in [0.25, 0.3) is 0 Å². The number of benzene rings is 2. The molecule has 15 nitrogen and oxygen atoms in total. The maximum Gasteiger partial charge on any atom is 0.327 e. The SMILES string of the molecule is COC(=O)C1(N)CCN(C(=O)[C@@H](CCCN=C(N)N)NC(=O)[C@H]2CCCN2C(=O)[C@@H](Cc2ccccc2)NC(=O)[C@H](N)Cc2ccccc2)C1. The van der Waals surface area contributed by atoms with Crippen LogP contribution in [0.4, 0.5) is 0 Å². The quantitative estimate of drug-likeness (QED) is 0.0571. The van der Waals surface area contributed by atoms with Crippen molar-refractivity contribution in [1.82, 2.24) is 20.4 Å². The Balaban J connectivity index is 1.49. The van der Waals surface area contributed by atoms with Crippen LogP contribution in [0.1, 0.15) is 43.2 Å². The number of amides is 4. The summed E-state index contributed by atoms with van der Waals surface area (Å²) in [5.41, 5.74) is 23.8. The molecule has 2 heterocycles. The maximum atomic E-state index is 14.2. The molecule has 4 amide bonds. The van der Waals surface area contributed by atoms with Crippen molar-refractivity contribution in [1.29, 1.82) is 0 Å². The number of aliphatic imine (C=N–C) groups is 1. The summed E-state index contributed by atoms with van der Waals surface area (Å²) in [6.07, 6.45) is 2.16. The van der Waals surface area contributed by atoms with E-state index in [-0.39, 0.29) is 57.8 Å². The molecule has 10 N–H and O–H groups in total. The minimum Gasteiger partial charge on any atom is -0.468 e. The highest BCUT2D eigenvalue weighted by atomic mass is 16.5. The Kier molecular flexibility index (Phi) is 13.3. The van der Waals surface area contributed by atoms with Crippen molar-refractivity contribution in [3.63, 3.8) is 0 Å². The van der Waals surface area contributed by atoms with E-state index in [2.05, 4.69) is 15.6 Å². The van der Waals surface area contributed by atoms with Gasteiger partial charge in [-0.25, -0.2) is 4.79 Å². The lowest BCUT2D eigenvalue weighted by molar-refractivity contribution is -0.147. The Morgan fingerprint density at radius 2 is 1.56 bits per heavy atom. The second kappa shape index (κ2) is 17.6. The van der Waals surface area contributed by atoms with Gasteiger partial charge in [-0.3, -0.25) is 24.2 Å². The van der Waals surface area contributed by atoms with Crippen LogP contribution >= 0.6 is 0 Å². The van der Waals surface area contributed by atoms with Gasteiger partial charge in [0.1, 0.15) is 23.7 Å². The lowest BCUT2D eigenvalue weighted by atomic mass is 10.0. The standard InChI is InChI=1S/C35H49N9O6/c1-50-33(49)35(39)16-19-43(22-35)31(47)26(14-8-17-40-34(37)38)41-30(46)28-15-9-18-44(28)32(48)27(21-24-12-6-3-7-13-24)42-29(45)25(36)20-23-10-4-2-5-11-23/h2-7,10-13,25-28H,8-9,14-22,36,39H2,1H3,(H,41,46)(H,42,45)(H4,37,38,40)/t25-,26-,27-,28-,35?/m1/s1. The maximum absolute atomic E-state index is 14.2. The largest absolute Gasteiger partial charge is 0.468 e. The van der Waals surface area contributed by atoms with E-state index in [4.69, 9.17) is 27.7 Å². The Bertz CT molecular complexity index is 1520. The van der Waals surface area contributed by atoms with Crippen LogP contribution in [-0.2, 0) is 41.6 Å². The fraction of sp³-hybridized carbons (Fsp3) is 0.486. The normalized spacial score (nSPS) is 20.3. The Hall–Kier alpha value is -5.02. The second-order valence-electron chi connectivity index (χ2n) is 12.9. The molecular weight excluding hydrogens is 642 g/mol. The van der Waals surface area contributed by atoms with Gasteiger partial charge >= 0.3 is 5.97 Å². The topological polar surface area (TPSA) is 242 Å². The third-order valence-electron chi connectivity index (χ3n) is 9.14. The van der Waals surface area contributed by atoms with E-state index < -0.39 is 59.3 Å². The average molecular weight is 692 g/mol. The van der Waals surface area contributed by atoms with Crippen LogP contribution < -0.4 is 33.6 Å². The van der Waals surface area contributed by atoms with Gasteiger partial charge in [-0.05, 0) is 49.7 Å². The number of nitrogens with two attached hydrogens (primary N) is 4. The van der Waals surface area contributed by atoms with E-state index in [1.54, 1.807) is 0 Å². The molecule has 0 radical (unpaired) electrons. The summed E-state index contributed by atoms with van der Waals surface area (Å²) in [4.78, 5) is 74.3. The molecule has 2 aliphatic rings. The molecule has 2 aromatic carbocycles. The van der Waals surface area contributed by atoms with Crippen LogP contribution in [0.25, 0.3) is 0 Å². The van der Waals surface area contributed by atoms with Gasteiger partial charge in [0, 0.05) is 32.6 Å². The van der Waals surface area contributed by atoms with Crippen LogP contribution in [0.15, 0.2) is 65.7 Å². The first-order valence-electron chi connectivity index (χ1n) is 16.9. The van der Waals surface area contributed by atoms with Crippen LogP contribution in [0.3, 0.4) is 0 Å². The lowest BCUT2D eigenvalue weighted by Gasteiger charge is -2.31. The number of hydrogen-bond acceptors (Lipinski definition) is 9. The smallest absolute Gasteiger partial charge is 0.327 e. The van der Waals surface area contributed by atoms with E-state index in [0.717, 1.165) is 11.1 Å². The first-order chi connectivity index (χ1) is 23.9. The van der Waals surface area contributed by atoms with Gasteiger partial charge in [-0.1, -0.05) is 60.7 Å². The number of ether oxygens (including phenoxy) is 1. The Morgan fingerprint density at radius 1 is 0.920 bits per heavy atom. The molecular formula is C35H49N9O6. The molecule has 0 aromatic heterocycles. The van der Waals surface area contributed by atoms with Gasteiger partial charge in [-0.2, -0.15) is 0 Å². The van der Waals surface area contributed by atoms with Crippen molar-refractivity contribution in [2.45, 2.75) is 74.7 Å². The molecule has 2 aromatic rings. The fourth-order valence-electron chi connectivity index (χ4n) is 6.43. The summed E-state index contributed by atoms with van der Waals surface area (Å²) in [5, 5.41) is 5.71. The number of rotatable bonds is 15. The summed E-state index contributed by atoms with van der Waals surface area (Å²) in [6.45, 7) is 0.649. The predicted octanol–water partition coefficient (Wildman–Crippen LogP) is -1.08. The minimum atomic E-state index is -1.35. The van der Waals surface area contributed by atoms with Gasteiger partial charge in [-0.15, -0.1) is 0 Å². The van der Waals surface area contributed by atoms with Crippen molar-refractivity contribution >= 4 is 35.6 Å². The molecule has 0 saturated carbocycles. The molecule has 0 spiro atoms. The summed E-state index contributed by atoms with van der Waals surface area (Å²) >= 11 is 0. The lowest BCUT2D eigenvalue weighted by Crippen LogP contribution is -2.58. The number of hydrogen-bond donors (Lipinski definition) is 6. The second-order valence-corrected chi connectivity index (χ2v) is 12.9. The van der Waals surface area contributed by atoms with E-state index in [1.807, 2.05) is 60.7 Å². The molecule has 2 fully saturated rings. The fourth-order valence-corrected chi connectivity index (χ4v) is 6.43. The first-order valence-corrected chi connectivity index (χ1v) is 16.9. The Labute approximate surface area is 292 Å². The number of guanidine groups is 1. The number of methoxy groups -OCH3 is 1. The monoisotopic (exact) mass is 691 g/mol. The minimum absolute atomic E-state index is 0.0694. The zero-order valence-electron chi connectivity index (χ0n) is 28.5. The van der Waals surface area contributed by atoms with Crippen molar-refractivity contribution in [3.05, 3.63) is 71.8 Å². The molecule has 0 bridgehead atoms. The zero-order valence-corrected chi connectivity index (χ0v) is 28.5. The molecule has 15 heteroatoms. The van der Waals surface area contributed by atoms with Crippen molar-refractivity contribution in [2.24, 2.45) is 27.9 Å². The number of nitrogens with one attached hydrogen (secondary N) is 2. The van der Waals surface area contributed by atoms with Gasteiger partial charge in [0.15, 0.2) is 5.96 Å². The molecule has 5 atom stereocenters. The number of nitrogens with zero attached hydrogens (tertiary/aromatic N) is 3. The highest BCUT2D eigenvalue weighted by molar-refractivity contribution is 5.95. The third kappa shape index (κ3) is 10.0. The highest BCUT2D eigenvalue weighted by Crippen LogP contribution is 2.23. The molecule has 2 saturated heterocycles. The van der Waals surface area contributed by atoms with Crippen LogP contribution in [0.2, 0.25) is 0 Å². The van der Waals surface area contributed by atoms with E-state index >= 15 is 0 Å². The van der Waals surface area contributed by atoms with E-state index in [9.17, 15) is 24.0 Å². The number of carbonyl (C=O) groups is 5. The summed E-state index contributed by atoms with van der Waals surface area (Å²) in [5.74, 6) is -2.55. The van der Waals surface area contributed by atoms with Gasteiger partial charge in [0.05, 0.1) is 13.2 Å². The van der Waals surface area contributed by atoms with E-state index in [1.165, 1.54) is 16.9 Å². The molecule has 2 aliphatic heterocycles. The number of carbonyl (C=O) groups excluding carboxylic acids is 5. The van der Waals surface area contributed by atoms with Crippen molar-refractivity contribution in [2.75, 3.05) is 33.3 Å². The molecule has 50 heavy (non-hydrogen) atoms. The average Bonchev–Trinajstić information content (AvgIpc) is 3.77. The van der Waals surface area contributed by atoms with E-state index in [0.29, 0.717) is 19.3 Å². The van der Waals surface area contributed by atoms with Crippen LogP contribution in [0.5, 0.6) is 0 Å². The molecule has 0 aliphatic carbocycles. The van der Waals surface area contributed by atoms with Crippen LogP contribution in [-0.4, -0.2) is 108 Å². The van der Waals surface area contributed by atoms with Gasteiger partial charge < -0.3 is 48.1 Å². The molecule has 270 valence electrons. The van der Waals surface area contributed by atoms with Crippen LogP contribution in [0, 0.1) is 0 Å². The summed E-state index contributed by atoms with van der Waals surface area (Å²) in [6, 6.07) is 14.8. The number of esters is 1. The third-order valence-corrected chi connectivity index (χ3v) is 9.14. The van der Waals surface area contributed by atoms with Gasteiger partial charge in [0.2, 0.25) is 23.6 Å². The zero-order chi connectivity index (χ0) is 36.3. The van der Waals surface area contributed by atoms with Crippen molar-refractivity contribution in [3.8, 4) is 0 Å². The Morgan fingerprint density at radius 3 is 2.18 bits per heavy atom.